The molecule has 0 saturated carbocycles. The van der Waals surface area contributed by atoms with E-state index in [9.17, 15) is 4.79 Å². The second-order valence-electron chi connectivity index (χ2n) is 3.10. The molecule has 3 nitrogen and oxygen atoms in total. The van der Waals surface area contributed by atoms with Gasteiger partial charge in [0.2, 0.25) is 0 Å². The van der Waals surface area contributed by atoms with Crippen LogP contribution in [-0.4, -0.2) is 12.0 Å². The van der Waals surface area contributed by atoms with Crippen molar-refractivity contribution in [3.05, 3.63) is 11.3 Å². The molecule has 3 heteroatoms. The molecule has 0 saturated heterocycles. The Bertz CT molecular complexity index is 232. The SMILES string of the molecule is NC1CCCC2=C1CC(=O)O2. The molecule has 0 spiro atoms. The van der Waals surface area contributed by atoms with Crippen LogP contribution in [0.5, 0.6) is 0 Å². The smallest absolute Gasteiger partial charge is 0.315 e. The summed E-state index contributed by atoms with van der Waals surface area (Å²) in [6.45, 7) is 0. The fourth-order valence-electron chi connectivity index (χ4n) is 1.70. The van der Waals surface area contributed by atoms with Crippen molar-refractivity contribution in [3.63, 3.8) is 0 Å². The number of carbonyl (C=O) groups excluding carboxylic acids is 1. The van der Waals surface area contributed by atoms with E-state index in [1.807, 2.05) is 0 Å². The number of rotatable bonds is 0. The van der Waals surface area contributed by atoms with Crippen LogP contribution in [-0.2, 0) is 9.53 Å². The van der Waals surface area contributed by atoms with Gasteiger partial charge in [-0.25, -0.2) is 0 Å². The number of nitrogens with two attached hydrogens (primary N) is 1. The highest BCUT2D eigenvalue weighted by Crippen LogP contribution is 2.32. The minimum atomic E-state index is -0.132. The van der Waals surface area contributed by atoms with Crippen molar-refractivity contribution in [2.24, 2.45) is 5.73 Å². The maximum atomic E-state index is 10.8. The molecule has 2 aliphatic rings. The van der Waals surface area contributed by atoms with E-state index in [2.05, 4.69) is 0 Å². The van der Waals surface area contributed by atoms with Crippen LogP contribution in [0.3, 0.4) is 0 Å². The van der Waals surface area contributed by atoms with Gasteiger partial charge in [0.05, 0.1) is 6.42 Å². The highest BCUT2D eigenvalue weighted by molar-refractivity contribution is 5.77. The molecule has 60 valence electrons. The number of allylic oxidation sites excluding steroid dienone is 1. The van der Waals surface area contributed by atoms with Gasteiger partial charge >= 0.3 is 5.97 Å². The van der Waals surface area contributed by atoms with Gasteiger partial charge in [0.15, 0.2) is 0 Å². The van der Waals surface area contributed by atoms with E-state index >= 15 is 0 Å². The first kappa shape index (κ1) is 6.85. The number of esters is 1. The first-order valence-corrected chi connectivity index (χ1v) is 3.95. The number of carbonyl (C=O) groups is 1. The number of ether oxygens (including phenoxy) is 1. The molecule has 11 heavy (non-hydrogen) atoms. The Hall–Kier alpha value is -0.830. The average Bonchev–Trinajstić information content (AvgIpc) is 2.31. The third-order valence-corrected chi connectivity index (χ3v) is 2.30. The summed E-state index contributed by atoms with van der Waals surface area (Å²) in [7, 11) is 0. The van der Waals surface area contributed by atoms with Gasteiger partial charge in [-0.3, -0.25) is 4.79 Å². The van der Waals surface area contributed by atoms with Crippen LogP contribution in [0.1, 0.15) is 25.7 Å². The first-order valence-electron chi connectivity index (χ1n) is 3.95. The summed E-state index contributed by atoms with van der Waals surface area (Å²) in [6, 6.07) is 0.0743. The molecule has 0 aromatic carbocycles. The Kier molecular flexibility index (Phi) is 1.46. The van der Waals surface area contributed by atoms with Crippen molar-refractivity contribution < 1.29 is 9.53 Å². The second kappa shape index (κ2) is 2.34. The van der Waals surface area contributed by atoms with Gasteiger partial charge in [0.1, 0.15) is 5.76 Å². The summed E-state index contributed by atoms with van der Waals surface area (Å²) < 4.78 is 5.00. The molecule has 0 fully saturated rings. The van der Waals surface area contributed by atoms with Crippen molar-refractivity contribution in [2.45, 2.75) is 31.7 Å². The van der Waals surface area contributed by atoms with Crippen molar-refractivity contribution in [2.75, 3.05) is 0 Å². The van der Waals surface area contributed by atoms with Gasteiger partial charge in [0.25, 0.3) is 0 Å². The van der Waals surface area contributed by atoms with E-state index < -0.39 is 0 Å². The van der Waals surface area contributed by atoms with E-state index in [1.165, 1.54) is 0 Å². The highest BCUT2D eigenvalue weighted by atomic mass is 16.5. The van der Waals surface area contributed by atoms with Crippen LogP contribution in [0, 0.1) is 0 Å². The first-order chi connectivity index (χ1) is 5.27. The van der Waals surface area contributed by atoms with Gasteiger partial charge in [0, 0.05) is 12.5 Å². The standard InChI is InChI=1S/C8H11NO2/c9-6-2-1-3-7-5(6)4-8(10)11-7/h6H,1-4,9H2. The fraction of sp³-hybridized carbons (Fsp3) is 0.625. The van der Waals surface area contributed by atoms with Crippen LogP contribution >= 0.6 is 0 Å². The molecule has 0 radical (unpaired) electrons. The van der Waals surface area contributed by atoms with E-state index in [4.69, 9.17) is 10.5 Å². The van der Waals surface area contributed by atoms with E-state index in [1.54, 1.807) is 0 Å². The molecule has 0 amide bonds. The third kappa shape index (κ3) is 1.05. The molecule has 0 aromatic rings. The lowest BCUT2D eigenvalue weighted by Gasteiger charge is -2.17. The molecule has 0 bridgehead atoms. The van der Waals surface area contributed by atoms with Crippen LogP contribution in [0.2, 0.25) is 0 Å². The minimum absolute atomic E-state index is 0.0743. The van der Waals surface area contributed by atoms with Crippen LogP contribution in [0.25, 0.3) is 0 Å². The van der Waals surface area contributed by atoms with Gasteiger partial charge in [-0.1, -0.05) is 0 Å². The molecule has 1 aliphatic carbocycles. The maximum absolute atomic E-state index is 10.8. The second-order valence-corrected chi connectivity index (χ2v) is 3.10. The van der Waals surface area contributed by atoms with Gasteiger partial charge < -0.3 is 10.5 Å². The zero-order valence-corrected chi connectivity index (χ0v) is 6.30. The van der Waals surface area contributed by atoms with E-state index in [0.29, 0.717) is 6.42 Å². The van der Waals surface area contributed by atoms with Crippen molar-refractivity contribution in [1.29, 1.82) is 0 Å². The quantitative estimate of drug-likeness (QED) is 0.521. The largest absolute Gasteiger partial charge is 0.431 e. The van der Waals surface area contributed by atoms with Crippen molar-refractivity contribution in [1.82, 2.24) is 0 Å². The summed E-state index contributed by atoms with van der Waals surface area (Å²) in [6.07, 6.45) is 3.37. The van der Waals surface area contributed by atoms with E-state index in [-0.39, 0.29) is 12.0 Å². The van der Waals surface area contributed by atoms with Gasteiger partial charge in [-0.05, 0) is 18.4 Å². The summed E-state index contributed by atoms with van der Waals surface area (Å²) in [4.78, 5) is 10.8. The number of hydrogen-bond acceptors (Lipinski definition) is 3. The summed E-state index contributed by atoms with van der Waals surface area (Å²) in [5.41, 5.74) is 6.83. The van der Waals surface area contributed by atoms with Crippen LogP contribution in [0.4, 0.5) is 0 Å². The predicted octanol–water partition coefficient (Wildman–Crippen LogP) is 0.699. The fourth-order valence-corrected chi connectivity index (χ4v) is 1.70. The Morgan fingerprint density at radius 2 is 2.36 bits per heavy atom. The molecule has 1 heterocycles. The third-order valence-electron chi connectivity index (χ3n) is 2.30. The highest BCUT2D eigenvalue weighted by Gasteiger charge is 2.30. The van der Waals surface area contributed by atoms with Crippen LogP contribution in [0.15, 0.2) is 11.3 Å². The topological polar surface area (TPSA) is 52.3 Å². The minimum Gasteiger partial charge on any atom is -0.431 e. The van der Waals surface area contributed by atoms with E-state index in [0.717, 1.165) is 30.6 Å². The maximum Gasteiger partial charge on any atom is 0.315 e. The summed E-state index contributed by atoms with van der Waals surface area (Å²) in [5.74, 6) is 0.723. The Balaban J connectivity index is 2.25. The van der Waals surface area contributed by atoms with Gasteiger partial charge in [-0.2, -0.15) is 0 Å². The Morgan fingerprint density at radius 3 is 3.09 bits per heavy atom. The van der Waals surface area contributed by atoms with Gasteiger partial charge in [-0.15, -0.1) is 0 Å². The Morgan fingerprint density at radius 1 is 1.55 bits per heavy atom. The molecule has 1 atom stereocenters. The molecule has 0 aromatic heterocycles. The number of hydrogen-bond donors (Lipinski definition) is 1. The summed E-state index contributed by atoms with van der Waals surface area (Å²) >= 11 is 0. The molecule has 1 aliphatic heterocycles. The zero-order valence-electron chi connectivity index (χ0n) is 6.30. The predicted molar refractivity (Wildman–Crippen MR) is 39.6 cm³/mol. The molecule has 1 unspecified atom stereocenters. The zero-order chi connectivity index (χ0) is 7.84. The summed E-state index contributed by atoms with van der Waals surface area (Å²) in [5, 5.41) is 0. The molecule has 2 N–H and O–H groups in total. The lowest BCUT2D eigenvalue weighted by molar-refractivity contribution is -0.136. The average molecular weight is 153 g/mol. The molecular formula is C8H11NO2. The van der Waals surface area contributed by atoms with Crippen molar-refractivity contribution >= 4 is 5.97 Å². The monoisotopic (exact) mass is 153 g/mol. The normalized spacial score (nSPS) is 30.3. The van der Waals surface area contributed by atoms with Crippen LogP contribution < -0.4 is 5.73 Å². The Labute approximate surface area is 65.2 Å². The lowest BCUT2D eigenvalue weighted by atomic mass is 9.93. The molecule has 2 rings (SSSR count). The molecular weight excluding hydrogens is 142 g/mol. The van der Waals surface area contributed by atoms with Crippen molar-refractivity contribution in [3.8, 4) is 0 Å². The lowest BCUT2D eigenvalue weighted by Crippen LogP contribution is -2.25.